The second kappa shape index (κ2) is 3.05. The Bertz CT molecular complexity index is 408. The molecule has 1 aromatic heterocycles. The normalized spacial score (nSPS) is 10.8. The van der Waals surface area contributed by atoms with Gasteiger partial charge in [-0.1, -0.05) is 23.7 Å². The molecule has 0 aliphatic rings. The lowest BCUT2D eigenvalue weighted by molar-refractivity contribution is 0.285. The third-order valence-corrected chi connectivity index (χ3v) is 3.30. The molecule has 0 radical (unpaired) electrons. The Morgan fingerprint density at radius 1 is 1.42 bits per heavy atom. The minimum absolute atomic E-state index is 0.0929. The van der Waals surface area contributed by atoms with Crippen LogP contribution >= 0.6 is 22.9 Å². The van der Waals surface area contributed by atoms with Gasteiger partial charge in [0.1, 0.15) is 0 Å². The van der Waals surface area contributed by atoms with E-state index < -0.39 is 0 Å². The minimum Gasteiger partial charge on any atom is -0.391 e. The molecule has 0 aliphatic carbocycles. The van der Waals surface area contributed by atoms with Crippen LogP contribution in [0.5, 0.6) is 0 Å². The van der Waals surface area contributed by atoms with Crippen molar-refractivity contribution in [3.8, 4) is 0 Å². The van der Waals surface area contributed by atoms with E-state index in [1.807, 2.05) is 24.3 Å². The summed E-state index contributed by atoms with van der Waals surface area (Å²) < 4.78 is 1.06. The van der Waals surface area contributed by atoms with E-state index in [9.17, 15) is 0 Å². The van der Waals surface area contributed by atoms with Gasteiger partial charge in [0.15, 0.2) is 0 Å². The van der Waals surface area contributed by atoms with Crippen LogP contribution in [0, 0.1) is 0 Å². The Balaban J connectivity index is 2.74. The molecule has 0 bridgehead atoms. The van der Waals surface area contributed by atoms with Crippen molar-refractivity contribution in [2.24, 2.45) is 0 Å². The van der Waals surface area contributed by atoms with Gasteiger partial charge in [-0.15, -0.1) is 11.3 Å². The highest BCUT2D eigenvalue weighted by molar-refractivity contribution is 7.19. The van der Waals surface area contributed by atoms with Crippen molar-refractivity contribution < 1.29 is 5.11 Å². The Hall–Kier alpha value is -0.570. The molecule has 2 aromatic rings. The molecule has 0 saturated heterocycles. The zero-order valence-corrected chi connectivity index (χ0v) is 7.82. The first-order valence-electron chi connectivity index (χ1n) is 3.59. The van der Waals surface area contributed by atoms with Crippen LogP contribution in [0.25, 0.3) is 10.1 Å². The minimum atomic E-state index is 0.0929. The fraction of sp³-hybridized carbons (Fsp3) is 0.111. The molecule has 1 N–H and O–H groups in total. The molecule has 0 saturated carbocycles. The summed E-state index contributed by atoms with van der Waals surface area (Å²) in [7, 11) is 0. The monoisotopic (exact) mass is 198 g/mol. The van der Waals surface area contributed by atoms with Gasteiger partial charge in [0, 0.05) is 4.88 Å². The first kappa shape index (κ1) is 8.05. The predicted molar refractivity (Wildman–Crippen MR) is 52.8 cm³/mol. The Morgan fingerprint density at radius 2 is 2.25 bits per heavy atom. The van der Waals surface area contributed by atoms with Crippen LogP contribution < -0.4 is 0 Å². The van der Waals surface area contributed by atoms with Gasteiger partial charge in [0.25, 0.3) is 0 Å². The quantitative estimate of drug-likeness (QED) is 0.747. The highest BCUT2D eigenvalue weighted by Crippen LogP contribution is 2.31. The molecule has 1 aromatic carbocycles. The number of aliphatic hydroxyl groups excluding tert-OH is 1. The predicted octanol–water partition coefficient (Wildman–Crippen LogP) is 3.05. The lowest BCUT2D eigenvalue weighted by Gasteiger charge is -1.89. The van der Waals surface area contributed by atoms with Crippen molar-refractivity contribution in [1.29, 1.82) is 0 Å². The van der Waals surface area contributed by atoms with Gasteiger partial charge < -0.3 is 5.11 Å². The van der Waals surface area contributed by atoms with Gasteiger partial charge in [-0.25, -0.2) is 0 Å². The van der Waals surface area contributed by atoms with Gasteiger partial charge >= 0.3 is 0 Å². The van der Waals surface area contributed by atoms with Crippen molar-refractivity contribution in [3.05, 3.63) is 34.2 Å². The fourth-order valence-corrected chi connectivity index (χ4v) is 2.38. The summed E-state index contributed by atoms with van der Waals surface area (Å²) in [6.45, 7) is 0.0929. The number of rotatable bonds is 1. The molecule has 12 heavy (non-hydrogen) atoms. The number of benzene rings is 1. The molecule has 0 spiro atoms. The topological polar surface area (TPSA) is 20.2 Å². The Kier molecular flexibility index (Phi) is 2.05. The molecular weight excluding hydrogens is 192 g/mol. The SMILES string of the molecule is OCc1cc2cccc(Cl)c2s1. The maximum absolute atomic E-state index is 8.90. The van der Waals surface area contributed by atoms with E-state index >= 15 is 0 Å². The highest BCUT2D eigenvalue weighted by atomic mass is 35.5. The molecule has 1 heterocycles. The number of halogens is 1. The zero-order valence-electron chi connectivity index (χ0n) is 6.25. The first-order valence-corrected chi connectivity index (χ1v) is 4.78. The second-order valence-corrected chi connectivity index (χ2v) is 4.07. The molecule has 0 amide bonds. The fourth-order valence-electron chi connectivity index (χ4n) is 1.16. The maximum Gasteiger partial charge on any atom is 0.0774 e. The van der Waals surface area contributed by atoms with Crippen molar-refractivity contribution in [1.82, 2.24) is 0 Å². The smallest absolute Gasteiger partial charge is 0.0774 e. The maximum atomic E-state index is 8.90. The largest absolute Gasteiger partial charge is 0.391 e. The van der Waals surface area contributed by atoms with Crippen LogP contribution in [0.2, 0.25) is 5.02 Å². The molecule has 0 aliphatic heterocycles. The second-order valence-electron chi connectivity index (χ2n) is 2.53. The average molecular weight is 199 g/mol. The molecular formula is C9H7ClOS. The molecule has 1 nitrogen and oxygen atoms in total. The molecule has 62 valence electrons. The van der Waals surface area contributed by atoms with Crippen LogP contribution in [0.3, 0.4) is 0 Å². The Labute approximate surface area is 79.2 Å². The standard InChI is InChI=1S/C9H7ClOS/c10-8-3-1-2-6-4-7(5-11)12-9(6)8/h1-4,11H,5H2. The van der Waals surface area contributed by atoms with Crippen LogP contribution in [-0.2, 0) is 6.61 Å². The summed E-state index contributed by atoms with van der Waals surface area (Å²) in [4.78, 5) is 0.957. The Morgan fingerprint density at radius 3 is 2.92 bits per heavy atom. The molecule has 0 unspecified atom stereocenters. The van der Waals surface area contributed by atoms with Gasteiger partial charge in [0.05, 0.1) is 16.3 Å². The summed E-state index contributed by atoms with van der Waals surface area (Å²) in [5.74, 6) is 0. The van der Waals surface area contributed by atoms with Crippen LogP contribution in [0.1, 0.15) is 4.88 Å². The lowest BCUT2D eigenvalue weighted by atomic mass is 10.2. The summed E-state index contributed by atoms with van der Waals surface area (Å²) >= 11 is 7.50. The number of hydrogen-bond donors (Lipinski definition) is 1. The number of fused-ring (bicyclic) bond motifs is 1. The van der Waals surface area contributed by atoms with Crippen LogP contribution in [0.4, 0.5) is 0 Å². The van der Waals surface area contributed by atoms with E-state index in [0.717, 1.165) is 20.0 Å². The summed E-state index contributed by atoms with van der Waals surface area (Å²) in [5.41, 5.74) is 0. The van der Waals surface area contributed by atoms with E-state index in [1.54, 1.807) is 11.3 Å². The van der Waals surface area contributed by atoms with E-state index in [0.29, 0.717) is 0 Å². The van der Waals surface area contributed by atoms with Gasteiger partial charge in [-0.3, -0.25) is 0 Å². The molecule has 2 rings (SSSR count). The summed E-state index contributed by atoms with van der Waals surface area (Å²) in [6, 6.07) is 7.74. The summed E-state index contributed by atoms with van der Waals surface area (Å²) in [6.07, 6.45) is 0. The summed E-state index contributed by atoms with van der Waals surface area (Å²) in [5, 5.41) is 10.8. The lowest BCUT2D eigenvalue weighted by Crippen LogP contribution is -1.69. The van der Waals surface area contributed by atoms with Crippen LogP contribution in [0.15, 0.2) is 24.3 Å². The van der Waals surface area contributed by atoms with Crippen LogP contribution in [-0.4, -0.2) is 5.11 Å². The van der Waals surface area contributed by atoms with E-state index in [1.165, 1.54) is 0 Å². The van der Waals surface area contributed by atoms with E-state index in [4.69, 9.17) is 16.7 Å². The van der Waals surface area contributed by atoms with Gasteiger partial charge in [0.2, 0.25) is 0 Å². The van der Waals surface area contributed by atoms with Crippen molar-refractivity contribution >= 4 is 33.0 Å². The van der Waals surface area contributed by atoms with E-state index in [2.05, 4.69) is 0 Å². The highest BCUT2D eigenvalue weighted by Gasteiger charge is 2.02. The molecule has 3 heteroatoms. The average Bonchev–Trinajstić information content (AvgIpc) is 2.49. The zero-order chi connectivity index (χ0) is 8.55. The third kappa shape index (κ3) is 1.22. The third-order valence-electron chi connectivity index (χ3n) is 1.70. The van der Waals surface area contributed by atoms with Crippen molar-refractivity contribution in [3.63, 3.8) is 0 Å². The first-order chi connectivity index (χ1) is 5.81. The molecule has 0 atom stereocenters. The number of hydrogen-bond acceptors (Lipinski definition) is 2. The molecule has 0 fully saturated rings. The van der Waals surface area contributed by atoms with Gasteiger partial charge in [-0.2, -0.15) is 0 Å². The van der Waals surface area contributed by atoms with Gasteiger partial charge in [-0.05, 0) is 17.5 Å². The van der Waals surface area contributed by atoms with Crippen molar-refractivity contribution in [2.45, 2.75) is 6.61 Å². The number of aliphatic hydroxyl groups is 1. The van der Waals surface area contributed by atoms with Crippen molar-refractivity contribution in [2.75, 3.05) is 0 Å². The van der Waals surface area contributed by atoms with E-state index in [-0.39, 0.29) is 6.61 Å². The number of thiophene rings is 1.